The fourth-order valence-corrected chi connectivity index (χ4v) is 4.38. The number of aliphatic hydroxyl groups excluding tert-OH is 1. The summed E-state index contributed by atoms with van der Waals surface area (Å²) in [7, 11) is 1.78. The van der Waals surface area contributed by atoms with Gasteiger partial charge in [0, 0.05) is 75.0 Å². The van der Waals surface area contributed by atoms with Gasteiger partial charge in [0.25, 0.3) is 11.8 Å². The van der Waals surface area contributed by atoms with Crippen LogP contribution >= 0.6 is 0 Å². The van der Waals surface area contributed by atoms with Crippen LogP contribution in [0.4, 0.5) is 27.8 Å². The van der Waals surface area contributed by atoms with Crippen LogP contribution in [0.3, 0.4) is 0 Å². The molecule has 13 heteroatoms. The lowest BCUT2D eigenvalue weighted by Crippen LogP contribution is -2.45. The molecule has 1 aliphatic rings. The SMILES string of the molecule is CN(CCO)c1ccc2c(C(=O)NCC(c3cnc(C(F)(F)F)nc3)N3CCC(F)(F)CC3)cccc2n1. The zero-order valence-electron chi connectivity index (χ0n) is 20.5. The second-order valence-corrected chi connectivity index (χ2v) is 9.14. The summed E-state index contributed by atoms with van der Waals surface area (Å²) in [6.45, 7) is 0.280. The van der Waals surface area contributed by atoms with E-state index in [1.165, 1.54) is 0 Å². The van der Waals surface area contributed by atoms with Gasteiger partial charge in [-0.3, -0.25) is 9.69 Å². The number of halogens is 5. The van der Waals surface area contributed by atoms with Crippen LogP contribution in [0.25, 0.3) is 10.9 Å². The number of nitrogens with one attached hydrogen (secondary N) is 1. The molecule has 3 heterocycles. The van der Waals surface area contributed by atoms with Crippen molar-refractivity contribution in [3.8, 4) is 0 Å². The fraction of sp³-hybridized carbons (Fsp3) is 0.440. The van der Waals surface area contributed by atoms with Crippen molar-refractivity contribution >= 4 is 22.6 Å². The number of fused-ring (bicyclic) bond motifs is 1. The third-order valence-corrected chi connectivity index (χ3v) is 6.52. The number of benzene rings is 1. The van der Waals surface area contributed by atoms with Crippen LogP contribution in [0.5, 0.6) is 0 Å². The number of pyridine rings is 1. The van der Waals surface area contributed by atoms with Crippen molar-refractivity contribution in [3.05, 3.63) is 59.7 Å². The third-order valence-electron chi connectivity index (χ3n) is 6.52. The summed E-state index contributed by atoms with van der Waals surface area (Å²) in [5.41, 5.74) is 1.17. The van der Waals surface area contributed by atoms with E-state index in [9.17, 15) is 26.7 Å². The Morgan fingerprint density at radius 2 is 1.84 bits per heavy atom. The number of hydrogen-bond acceptors (Lipinski definition) is 7. The number of alkyl halides is 5. The number of nitrogens with zero attached hydrogens (tertiary/aromatic N) is 5. The maximum atomic E-state index is 13.8. The third kappa shape index (κ3) is 6.33. The van der Waals surface area contributed by atoms with Gasteiger partial charge in [0.1, 0.15) is 5.82 Å². The molecule has 3 aromatic rings. The van der Waals surface area contributed by atoms with Crippen LogP contribution in [0.15, 0.2) is 42.7 Å². The van der Waals surface area contributed by atoms with Crippen molar-refractivity contribution in [1.82, 2.24) is 25.2 Å². The molecule has 1 atom stereocenters. The first-order valence-corrected chi connectivity index (χ1v) is 12.0. The molecule has 2 aromatic heterocycles. The maximum absolute atomic E-state index is 13.8. The minimum Gasteiger partial charge on any atom is -0.395 e. The van der Waals surface area contributed by atoms with Crippen molar-refractivity contribution in [1.29, 1.82) is 0 Å². The fourth-order valence-electron chi connectivity index (χ4n) is 4.38. The molecule has 1 aliphatic heterocycles. The molecule has 2 N–H and O–H groups in total. The first-order chi connectivity index (χ1) is 18.0. The summed E-state index contributed by atoms with van der Waals surface area (Å²) in [6.07, 6.45) is -3.48. The van der Waals surface area contributed by atoms with Crippen LogP contribution in [0.1, 0.15) is 40.6 Å². The lowest BCUT2D eigenvalue weighted by molar-refractivity contribution is -0.145. The normalized spacial score (nSPS) is 16.8. The van der Waals surface area contributed by atoms with Crippen molar-refractivity contribution in [2.24, 2.45) is 0 Å². The number of hydrogen-bond donors (Lipinski definition) is 2. The number of aromatic nitrogens is 3. The topological polar surface area (TPSA) is 94.5 Å². The first kappa shape index (κ1) is 27.6. The van der Waals surface area contributed by atoms with E-state index in [0.29, 0.717) is 28.8 Å². The van der Waals surface area contributed by atoms with E-state index in [1.54, 1.807) is 47.2 Å². The van der Waals surface area contributed by atoms with E-state index in [1.807, 2.05) is 0 Å². The minimum absolute atomic E-state index is 0.00309. The van der Waals surface area contributed by atoms with Crippen LogP contribution < -0.4 is 10.2 Å². The van der Waals surface area contributed by atoms with E-state index in [4.69, 9.17) is 5.11 Å². The molecule has 204 valence electrons. The molecule has 1 unspecified atom stereocenters. The Bertz CT molecular complexity index is 1260. The summed E-state index contributed by atoms with van der Waals surface area (Å²) in [5.74, 6) is -3.95. The number of amides is 1. The van der Waals surface area contributed by atoms with Crippen LogP contribution in [0.2, 0.25) is 0 Å². The number of anilines is 1. The number of likely N-dealkylation sites (tertiary alicyclic amines) is 1. The molecule has 38 heavy (non-hydrogen) atoms. The van der Waals surface area contributed by atoms with Gasteiger partial charge in [0.05, 0.1) is 18.2 Å². The van der Waals surface area contributed by atoms with Gasteiger partial charge in [-0.05, 0) is 24.3 Å². The summed E-state index contributed by atoms with van der Waals surface area (Å²) in [6, 6.07) is 7.81. The average Bonchev–Trinajstić information content (AvgIpc) is 2.88. The monoisotopic (exact) mass is 538 g/mol. The van der Waals surface area contributed by atoms with Gasteiger partial charge in [-0.25, -0.2) is 23.7 Å². The van der Waals surface area contributed by atoms with Gasteiger partial charge in [-0.15, -0.1) is 0 Å². The molecule has 0 aliphatic carbocycles. The number of rotatable bonds is 8. The molecule has 1 aromatic carbocycles. The van der Waals surface area contributed by atoms with Crippen molar-refractivity contribution in [3.63, 3.8) is 0 Å². The Hall–Kier alpha value is -3.45. The standard InChI is InChI=1S/C25H27F5N6O2/c1-35(11-12-37)21-6-5-17-18(3-2-4-19(17)34-21)22(38)31-15-20(36-9-7-24(26,27)8-10-36)16-13-32-23(33-14-16)25(28,29)30/h2-6,13-14,20,37H,7-12,15H2,1H3,(H,31,38). The average molecular weight is 539 g/mol. The van der Waals surface area contributed by atoms with E-state index in [-0.39, 0.29) is 31.8 Å². The van der Waals surface area contributed by atoms with Gasteiger partial charge in [0.2, 0.25) is 5.82 Å². The number of carbonyl (C=O) groups excluding carboxylic acids is 1. The predicted molar refractivity (Wildman–Crippen MR) is 130 cm³/mol. The largest absolute Gasteiger partial charge is 0.451 e. The first-order valence-electron chi connectivity index (χ1n) is 12.0. The molecule has 1 saturated heterocycles. The maximum Gasteiger partial charge on any atom is 0.451 e. The van der Waals surface area contributed by atoms with Crippen molar-refractivity contribution < 1.29 is 31.9 Å². The van der Waals surface area contributed by atoms with Gasteiger partial charge in [-0.1, -0.05) is 6.07 Å². The molecule has 1 fully saturated rings. The molecule has 0 saturated carbocycles. The van der Waals surface area contributed by atoms with E-state index in [2.05, 4.69) is 20.3 Å². The Kier molecular flexibility index (Phi) is 8.07. The molecule has 1 amide bonds. The Morgan fingerprint density at radius 3 is 2.47 bits per heavy atom. The van der Waals surface area contributed by atoms with Gasteiger partial charge in [-0.2, -0.15) is 13.2 Å². The zero-order valence-corrected chi connectivity index (χ0v) is 20.5. The quantitative estimate of drug-likeness (QED) is 0.423. The second-order valence-electron chi connectivity index (χ2n) is 9.14. The molecule has 0 radical (unpaired) electrons. The van der Waals surface area contributed by atoms with Crippen LogP contribution in [0, 0.1) is 0 Å². The highest BCUT2D eigenvalue weighted by Gasteiger charge is 2.38. The summed E-state index contributed by atoms with van der Waals surface area (Å²) in [5, 5.41) is 12.5. The molecule has 0 bridgehead atoms. The molecular weight excluding hydrogens is 511 g/mol. The zero-order chi connectivity index (χ0) is 27.5. The van der Waals surface area contributed by atoms with Crippen molar-refractivity contribution in [2.45, 2.75) is 31.0 Å². The number of aliphatic hydroxyl groups is 1. The molecule has 8 nitrogen and oxygen atoms in total. The Morgan fingerprint density at radius 1 is 1.16 bits per heavy atom. The smallest absolute Gasteiger partial charge is 0.395 e. The summed E-state index contributed by atoms with van der Waals surface area (Å²) in [4.78, 5) is 28.0. The van der Waals surface area contributed by atoms with Gasteiger partial charge >= 0.3 is 6.18 Å². The number of piperidine rings is 1. The lowest BCUT2D eigenvalue weighted by Gasteiger charge is -2.37. The number of carbonyl (C=O) groups is 1. The molecular formula is C25H27F5N6O2. The number of likely N-dealkylation sites (N-methyl/N-ethyl adjacent to an activating group) is 1. The van der Waals surface area contributed by atoms with Crippen molar-refractivity contribution in [2.75, 3.05) is 44.7 Å². The summed E-state index contributed by atoms with van der Waals surface area (Å²) >= 11 is 0. The highest BCUT2D eigenvalue weighted by Crippen LogP contribution is 2.33. The van der Waals surface area contributed by atoms with E-state index in [0.717, 1.165) is 12.4 Å². The molecule has 4 rings (SSSR count). The van der Waals surface area contributed by atoms with Crippen LogP contribution in [-0.2, 0) is 6.18 Å². The van der Waals surface area contributed by atoms with Gasteiger partial charge in [0.15, 0.2) is 0 Å². The summed E-state index contributed by atoms with van der Waals surface area (Å²) < 4.78 is 66.4. The second kappa shape index (κ2) is 11.1. The highest BCUT2D eigenvalue weighted by atomic mass is 19.4. The Balaban J connectivity index is 1.56. The van der Waals surface area contributed by atoms with Crippen LogP contribution in [-0.4, -0.2) is 76.6 Å². The molecule has 0 spiro atoms. The minimum atomic E-state index is -4.72. The van der Waals surface area contributed by atoms with E-state index >= 15 is 0 Å². The van der Waals surface area contributed by atoms with Gasteiger partial charge < -0.3 is 15.3 Å². The predicted octanol–water partition coefficient (Wildman–Crippen LogP) is 3.67. The highest BCUT2D eigenvalue weighted by molar-refractivity contribution is 6.06. The Labute approximate surface area is 215 Å². The van der Waals surface area contributed by atoms with E-state index < -0.39 is 42.7 Å². The lowest BCUT2D eigenvalue weighted by atomic mass is 10.0.